The lowest BCUT2D eigenvalue weighted by atomic mass is 9.54. The van der Waals surface area contributed by atoms with Crippen LogP contribution in [0.1, 0.15) is 48.0 Å². The van der Waals surface area contributed by atoms with Crippen LogP contribution in [0.5, 0.6) is 0 Å². The van der Waals surface area contributed by atoms with Crippen LogP contribution in [-0.4, -0.2) is 21.5 Å². The zero-order valence-electron chi connectivity index (χ0n) is 16.3. The van der Waals surface area contributed by atoms with Gasteiger partial charge in [-0.15, -0.1) is 0 Å². The Bertz CT molecular complexity index is 1190. The van der Waals surface area contributed by atoms with Gasteiger partial charge in [0.1, 0.15) is 17.0 Å². The fourth-order valence-electron chi connectivity index (χ4n) is 4.76. The summed E-state index contributed by atoms with van der Waals surface area (Å²) >= 11 is 3.41. The summed E-state index contributed by atoms with van der Waals surface area (Å²) in [6.45, 7) is 0.206. The summed E-state index contributed by atoms with van der Waals surface area (Å²) in [6, 6.07) is 9.57. The average molecular weight is 470 g/mol. The van der Waals surface area contributed by atoms with Crippen molar-refractivity contribution in [2.45, 2.75) is 44.7 Å². The van der Waals surface area contributed by atoms with Gasteiger partial charge in [-0.25, -0.2) is 9.37 Å². The van der Waals surface area contributed by atoms with E-state index in [4.69, 9.17) is 0 Å². The summed E-state index contributed by atoms with van der Waals surface area (Å²) < 4.78 is 15.5. The van der Waals surface area contributed by atoms with Crippen molar-refractivity contribution in [1.82, 2.24) is 14.9 Å². The Morgan fingerprint density at radius 1 is 1.23 bits per heavy atom. The fraction of sp³-hybridized carbons (Fsp3) is 0.348. The van der Waals surface area contributed by atoms with Crippen LogP contribution in [0.4, 0.5) is 4.39 Å². The molecule has 0 unspecified atom stereocenters. The van der Waals surface area contributed by atoms with Crippen LogP contribution in [0.2, 0.25) is 0 Å². The van der Waals surface area contributed by atoms with E-state index in [1.54, 1.807) is 24.4 Å². The van der Waals surface area contributed by atoms with Crippen molar-refractivity contribution in [1.29, 1.82) is 0 Å². The Morgan fingerprint density at radius 3 is 2.63 bits per heavy atom. The lowest BCUT2D eigenvalue weighted by Crippen LogP contribution is -2.54. The number of rotatable bonds is 4. The molecule has 0 radical (unpaired) electrons. The monoisotopic (exact) mass is 469 g/mol. The van der Waals surface area contributed by atoms with Crippen molar-refractivity contribution in [2.75, 3.05) is 0 Å². The van der Waals surface area contributed by atoms with Gasteiger partial charge in [0.05, 0.1) is 6.54 Å². The molecule has 0 saturated heterocycles. The molecule has 0 bridgehead atoms. The second-order valence-electron chi connectivity index (χ2n) is 8.57. The Kier molecular flexibility index (Phi) is 4.73. The van der Waals surface area contributed by atoms with E-state index in [1.807, 2.05) is 6.07 Å². The Balaban J connectivity index is 1.49. The number of nitrogens with one attached hydrogen (secondary N) is 1. The minimum Gasteiger partial charge on any atom is -0.349 e. The van der Waals surface area contributed by atoms with Crippen molar-refractivity contribution in [3.8, 4) is 0 Å². The molecule has 154 valence electrons. The molecule has 0 atom stereocenters. The zero-order valence-corrected chi connectivity index (χ0v) is 17.9. The van der Waals surface area contributed by atoms with Gasteiger partial charge in [-0.2, -0.15) is 0 Å². The van der Waals surface area contributed by atoms with Gasteiger partial charge in [0.15, 0.2) is 0 Å². The molecule has 1 spiro atoms. The number of aromatic nitrogens is 2. The van der Waals surface area contributed by atoms with Crippen molar-refractivity contribution in [3.05, 3.63) is 74.4 Å². The molecule has 2 fully saturated rings. The summed E-state index contributed by atoms with van der Waals surface area (Å²) in [5, 5.41) is 3.74. The number of pyridine rings is 2. The SMILES string of the molecule is O=C(NC1CC2(CCC2)C1)c1cc2cc(Br)cnc2n(Cc2ccc(F)cc2)c1=O. The van der Waals surface area contributed by atoms with Gasteiger partial charge in [0.25, 0.3) is 11.5 Å². The smallest absolute Gasteiger partial charge is 0.265 e. The highest BCUT2D eigenvalue weighted by atomic mass is 79.9. The van der Waals surface area contributed by atoms with E-state index in [0.717, 1.165) is 22.9 Å². The first kappa shape index (κ1) is 19.4. The van der Waals surface area contributed by atoms with E-state index in [9.17, 15) is 14.0 Å². The summed E-state index contributed by atoms with van der Waals surface area (Å²) in [7, 11) is 0. The van der Waals surface area contributed by atoms with E-state index >= 15 is 0 Å². The number of carbonyl (C=O) groups excluding carboxylic acids is 1. The van der Waals surface area contributed by atoms with Crippen molar-refractivity contribution in [2.24, 2.45) is 5.41 Å². The van der Waals surface area contributed by atoms with Crippen LogP contribution in [0, 0.1) is 11.2 Å². The molecule has 1 N–H and O–H groups in total. The van der Waals surface area contributed by atoms with Crippen LogP contribution in [0.25, 0.3) is 11.0 Å². The van der Waals surface area contributed by atoms with E-state index in [0.29, 0.717) is 16.4 Å². The lowest BCUT2D eigenvalue weighted by Gasteiger charge is -2.54. The number of hydrogen-bond acceptors (Lipinski definition) is 3. The number of nitrogens with zero attached hydrogens (tertiary/aromatic N) is 2. The average Bonchev–Trinajstić information content (AvgIpc) is 2.66. The van der Waals surface area contributed by atoms with Crippen LogP contribution in [0.15, 0.2) is 51.9 Å². The molecular formula is C23H21BrFN3O2. The standard InChI is InChI=1S/C23H21BrFN3O2/c24-16-8-15-9-19(21(29)27-18-10-23(11-18)6-1-7-23)22(30)28(20(15)26-12-16)13-14-2-4-17(25)5-3-14/h2-5,8-9,12,18H,1,6-7,10-11,13H2,(H,27,29). The van der Waals surface area contributed by atoms with Crippen LogP contribution < -0.4 is 10.9 Å². The first-order valence-electron chi connectivity index (χ1n) is 10.2. The first-order chi connectivity index (χ1) is 14.4. The minimum absolute atomic E-state index is 0.110. The molecule has 2 heterocycles. The summed E-state index contributed by atoms with van der Waals surface area (Å²) in [6.07, 6.45) is 7.40. The van der Waals surface area contributed by atoms with Gasteiger partial charge >= 0.3 is 0 Å². The largest absolute Gasteiger partial charge is 0.349 e. The Morgan fingerprint density at radius 2 is 1.97 bits per heavy atom. The molecule has 1 aromatic carbocycles. The van der Waals surface area contributed by atoms with Crippen molar-refractivity contribution in [3.63, 3.8) is 0 Å². The molecule has 5 nitrogen and oxygen atoms in total. The third kappa shape index (κ3) is 3.45. The third-order valence-corrected chi connectivity index (χ3v) is 6.93. The molecule has 3 aromatic rings. The van der Waals surface area contributed by atoms with Crippen molar-refractivity contribution < 1.29 is 9.18 Å². The molecule has 1 amide bonds. The quantitative estimate of drug-likeness (QED) is 0.615. The lowest BCUT2D eigenvalue weighted by molar-refractivity contribution is -0.000650. The van der Waals surface area contributed by atoms with Gasteiger partial charge in [-0.1, -0.05) is 18.6 Å². The highest BCUT2D eigenvalue weighted by Crippen LogP contribution is 2.55. The number of fused-ring (bicyclic) bond motifs is 1. The van der Waals surface area contributed by atoms with Crippen molar-refractivity contribution >= 4 is 32.9 Å². The number of halogens is 2. The summed E-state index contributed by atoms with van der Waals surface area (Å²) in [5.74, 6) is -0.676. The molecule has 0 aliphatic heterocycles. The molecule has 2 aliphatic rings. The predicted molar refractivity (Wildman–Crippen MR) is 116 cm³/mol. The normalized spacial score (nSPS) is 17.5. The summed E-state index contributed by atoms with van der Waals surface area (Å²) in [5.41, 5.74) is 1.41. The maximum atomic E-state index is 13.3. The second-order valence-corrected chi connectivity index (χ2v) is 9.49. The van der Waals surface area contributed by atoms with E-state index in [2.05, 4.69) is 26.2 Å². The molecule has 7 heteroatoms. The molecule has 2 aliphatic carbocycles. The van der Waals surface area contributed by atoms with Gasteiger partial charge < -0.3 is 5.32 Å². The molecule has 30 heavy (non-hydrogen) atoms. The molecule has 2 aromatic heterocycles. The van der Waals surface area contributed by atoms with Crippen LogP contribution in [0.3, 0.4) is 0 Å². The van der Waals surface area contributed by atoms with Crippen LogP contribution in [-0.2, 0) is 6.54 Å². The maximum Gasteiger partial charge on any atom is 0.265 e. The van der Waals surface area contributed by atoms with Gasteiger partial charge in [-0.3, -0.25) is 14.2 Å². The summed E-state index contributed by atoms with van der Waals surface area (Å²) in [4.78, 5) is 30.6. The molecule has 2 saturated carbocycles. The second kappa shape index (κ2) is 7.30. The minimum atomic E-state index is -0.392. The third-order valence-electron chi connectivity index (χ3n) is 6.50. The number of hydrogen-bond donors (Lipinski definition) is 1. The first-order valence-corrected chi connectivity index (χ1v) is 11.0. The number of carbonyl (C=O) groups is 1. The Hall–Kier alpha value is -2.54. The topological polar surface area (TPSA) is 64.0 Å². The van der Waals surface area contributed by atoms with Crippen LogP contribution >= 0.6 is 15.9 Å². The highest BCUT2D eigenvalue weighted by molar-refractivity contribution is 9.10. The predicted octanol–water partition coefficient (Wildman–Crippen LogP) is 4.41. The zero-order chi connectivity index (χ0) is 20.9. The van der Waals surface area contributed by atoms with Gasteiger partial charge in [0.2, 0.25) is 0 Å². The highest BCUT2D eigenvalue weighted by Gasteiger charge is 2.48. The Labute approximate surface area is 181 Å². The van der Waals surface area contributed by atoms with E-state index < -0.39 is 5.56 Å². The number of amides is 1. The fourth-order valence-corrected chi connectivity index (χ4v) is 5.10. The van der Waals surface area contributed by atoms with Gasteiger partial charge in [-0.05, 0) is 76.9 Å². The molecule has 5 rings (SSSR count). The number of benzene rings is 1. The maximum absolute atomic E-state index is 13.3. The van der Waals surface area contributed by atoms with E-state index in [-0.39, 0.29) is 29.9 Å². The molecular weight excluding hydrogens is 449 g/mol. The van der Waals surface area contributed by atoms with Gasteiger partial charge in [0, 0.05) is 22.1 Å². The van der Waals surface area contributed by atoms with E-state index in [1.165, 1.54) is 36.0 Å².